The average molecular weight is 381 g/mol. The monoisotopic (exact) mass is 381 g/mol. The van der Waals surface area contributed by atoms with Crippen LogP contribution in [0.15, 0.2) is 72.8 Å². The number of anilines is 2. The van der Waals surface area contributed by atoms with Gasteiger partial charge in [0, 0.05) is 5.56 Å². The Hall–Kier alpha value is -3.86. The summed E-state index contributed by atoms with van der Waals surface area (Å²) in [7, 11) is 1.58. The summed E-state index contributed by atoms with van der Waals surface area (Å²) in [6.07, 6.45) is 1.93. The van der Waals surface area contributed by atoms with Crippen molar-refractivity contribution in [3.05, 3.63) is 89.5 Å². The van der Waals surface area contributed by atoms with Crippen LogP contribution >= 0.6 is 0 Å². The molecule has 0 saturated carbocycles. The standard InChI is InChI=1S/C24H19N3O2/c1-16-11-13-17(14-12-16)15-19-18-7-3-5-9-21(18)26(23(19)28)24-25-20-8-4-6-10-22(20)27(24)29-2/h3-15H,1-2H3/b19-15-. The Bertz CT molecular complexity index is 1270. The minimum atomic E-state index is -0.125. The summed E-state index contributed by atoms with van der Waals surface area (Å²) in [5.74, 6) is 0.318. The number of carbonyl (C=O) groups excluding carboxylic acids is 1. The van der Waals surface area contributed by atoms with Gasteiger partial charge >= 0.3 is 0 Å². The highest BCUT2D eigenvalue weighted by atomic mass is 16.6. The van der Waals surface area contributed by atoms with Crippen molar-refractivity contribution in [2.75, 3.05) is 12.0 Å². The van der Waals surface area contributed by atoms with E-state index in [9.17, 15) is 4.79 Å². The number of fused-ring (bicyclic) bond motifs is 2. The maximum atomic E-state index is 13.5. The quantitative estimate of drug-likeness (QED) is 0.487. The number of aryl methyl sites for hydroxylation is 1. The third-order valence-corrected chi connectivity index (χ3v) is 5.14. The Morgan fingerprint density at radius 2 is 1.66 bits per heavy atom. The summed E-state index contributed by atoms with van der Waals surface area (Å²) in [6, 6.07) is 23.6. The van der Waals surface area contributed by atoms with E-state index in [1.807, 2.05) is 85.8 Å². The molecule has 29 heavy (non-hydrogen) atoms. The summed E-state index contributed by atoms with van der Waals surface area (Å²) < 4.78 is 1.60. The third kappa shape index (κ3) is 2.70. The molecule has 1 aliphatic heterocycles. The molecule has 0 fully saturated rings. The zero-order valence-corrected chi connectivity index (χ0v) is 16.2. The molecule has 0 aliphatic carbocycles. The van der Waals surface area contributed by atoms with Crippen molar-refractivity contribution in [3.63, 3.8) is 0 Å². The average Bonchev–Trinajstić information content (AvgIpc) is 3.24. The molecule has 142 valence electrons. The van der Waals surface area contributed by atoms with Gasteiger partial charge in [-0.05, 0) is 36.8 Å². The number of imidazole rings is 1. The van der Waals surface area contributed by atoms with Gasteiger partial charge in [-0.2, -0.15) is 0 Å². The fourth-order valence-corrected chi connectivity index (χ4v) is 3.72. The molecule has 5 heteroatoms. The fraction of sp³-hybridized carbons (Fsp3) is 0.0833. The van der Waals surface area contributed by atoms with Gasteiger partial charge in [0.2, 0.25) is 0 Å². The number of hydrogen-bond acceptors (Lipinski definition) is 3. The molecular weight excluding hydrogens is 362 g/mol. The normalized spacial score (nSPS) is 14.6. The molecule has 0 radical (unpaired) electrons. The van der Waals surface area contributed by atoms with E-state index in [0.29, 0.717) is 11.5 Å². The Morgan fingerprint density at radius 3 is 2.45 bits per heavy atom. The van der Waals surface area contributed by atoms with Gasteiger partial charge in [-0.1, -0.05) is 60.2 Å². The molecule has 0 saturated heterocycles. The molecule has 1 aromatic heterocycles. The number of nitrogens with zero attached hydrogens (tertiary/aromatic N) is 3. The predicted molar refractivity (Wildman–Crippen MR) is 115 cm³/mol. The van der Waals surface area contributed by atoms with Crippen molar-refractivity contribution in [1.29, 1.82) is 0 Å². The lowest BCUT2D eigenvalue weighted by molar-refractivity contribution is -0.112. The molecule has 4 aromatic rings. The minimum absolute atomic E-state index is 0.125. The second kappa shape index (κ2) is 6.63. The van der Waals surface area contributed by atoms with Gasteiger partial charge in [-0.3, -0.25) is 4.79 Å². The van der Waals surface area contributed by atoms with Gasteiger partial charge in [-0.25, -0.2) is 9.88 Å². The van der Waals surface area contributed by atoms with Crippen LogP contribution in [0.2, 0.25) is 0 Å². The lowest BCUT2D eigenvalue weighted by Crippen LogP contribution is -2.25. The first-order valence-corrected chi connectivity index (χ1v) is 9.41. The molecular formula is C24H19N3O2. The van der Waals surface area contributed by atoms with E-state index in [4.69, 9.17) is 4.84 Å². The molecule has 3 aromatic carbocycles. The van der Waals surface area contributed by atoms with Gasteiger partial charge in [-0.15, -0.1) is 4.73 Å². The lowest BCUT2D eigenvalue weighted by atomic mass is 10.0. The third-order valence-electron chi connectivity index (χ3n) is 5.14. The molecule has 1 aliphatic rings. The minimum Gasteiger partial charge on any atom is -0.414 e. The largest absolute Gasteiger partial charge is 0.414 e. The van der Waals surface area contributed by atoms with Crippen LogP contribution in [-0.2, 0) is 4.79 Å². The second-order valence-corrected chi connectivity index (χ2v) is 7.00. The van der Waals surface area contributed by atoms with Crippen molar-refractivity contribution in [1.82, 2.24) is 9.71 Å². The van der Waals surface area contributed by atoms with Crippen LogP contribution < -0.4 is 9.74 Å². The Morgan fingerprint density at radius 1 is 0.931 bits per heavy atom. The Kier molecular flexibility index (Phi) is 3.95. The van der Waals surface area contributed by atoms with Gasteiger partial charge in [0.1, 0.15) is 12.6 Å². The van der Waals surface area contributed by atoms with E-state index >= 15 is 0 Å². The van der Waals surface area contributed by atoms with Gasteiger partial charge in [0.25, 0.3) is 11.9 Å². The Labute approximate surface area is 168 Å². The second-order valence-electron chi connectivity index (χ2n) is 7.00. The molecule has 0 N–H and O–H groups in total. The molecule has 2 heterocycles. The van der Waals surface area contributed by atoms with Crippen molar-refractivity contribution in [3.8, 4) is 0 Å². The molecule has 1 amide bonds. The van der Waals surface area contributed by atoms with Crippen LogP contribution in [0.25, 0.3) is 22.7 Å². The number of hydrogen-bond donors (Lipinski definition) is 0. The van der Waals surface area contributed by atoms with Gasteiger partial charge in [0.15, 0.2) is 0 Å². The summed E-state index contributed by atoms with van der Waals surface area (Å²) in [5, 5.41) is 0. The first-order valence-electron chi connectivity index (χ1n) is 9.41. The summed E-state index contributed by atoms with van der Waals surface area (Å²) in [5.41, 5.74) is 6.06. The van der Waals surface area contributed by atoms with Crippen LogP contribution in [0.1, 0.15) is 16.7 Å². The summed E-state index contributed by atoms with van der Waals surface area (Å²) >= 11 is 0. The number of carbonyl (C=O) groups is 1. The number of amides is 1. The molecule has 5 rings (SSSR count). The number of aromatic nitrogens is 2. The van der Waals surface area contributed by atoms with Crippen LogP contribution in [0.5, 0.6) is 0 Å². The van der Waals surface area contributed by atoms with Crippen LogP contribution in [0, 0.1) is 6.92 Å². The molecule has 5 nitrogen and oxygen atoms in total. The zero-order chi connectivity index (χ0) is 20.0. The SMILES string of the molecule is COn1c(N2C(=O)/C(=C\c3ccc(C)cc3)c3ccccc32)nc2ccccc21. The van der Waals surface area contributed by atoms with E-state index in [1.165, 1.54) is 5.56 Å². The summed E-state index contributed by atoms with van der Waals surface area (Å²) in [6.45, 7) is 2.05. The van der Waals surface area contributed by atoms with E-state index in [0.717, 1.165) is 27.8 Å². The maximum absolute atomic E-state index is 13.5. The highest BCUT2D eigenvalue weighted by Crippen LogP contribution is 2.42. The number of para-hydroxylation sites is 3. The molecule has 0 spiro atoms. The topological polar surface area (TPSA) is 47.4 Å². The number of benzene rings is 3. The smallest absolute Gasteiger partial charge is 0.266 e. The zero-order valence-electron chi connectivity index (χ0n) is 16.2. The van der Waals surface area contributed by atoms with Crippen LogP contribution in [-0.4, -0.2) is 22.7 Å². The molecule has 0 unspecified atom stereocenters. The highest BCUT2D eigenvalue weighted by molar-refractivity contribution is 6.37. The van der Waals surface area contributed by atoms with E-state index in [2.05, 4.69) is 4.98 Å². The van der Waals surface area contributed by atoms with E-state index < -0.39 is 0 Å². The van der Waals surface area contributed by atoms with Crippen LogP contribution in [0.4, 0.5) is 11.6 Å². The van der Waals surface area contributed by atoms with E-state index in [-0.39, 0.29) is 5.91 Å². The molecule has 0 bridgehead atoms. The van der Waals surface area contributed by atoms with Crippen molar-refractivity contribution in [2.45, 2.75) is 6.92 Å². The maximum Gasteiger partial charge on any atom is 0.266 e. The first kappa shape index (κ1) is 17.3. The van der Waals surface area contributed by atoms with Crippen molar-refractivity contribution < 1.29 is 9.63 Å². The van der Waals surface area contributed by atoms with Crippen molar-refractivity contribution in [2.24, 2.45) is 0 Å². The summed E-state index contributed by atoms with van der Waals surface area (Å²) in [4.78, 5) is 25.4. The van der Waals surface area contributed by atoms with Gasteiger partial charge in [0.05, 0.1) is 16.8 Å². The Balaban J connectivity index is 1.70. The van der Waals surface area contributed by atoms with Gasteiger partial charge < -0.3 is 4.84 Å². The molecule has 0 atom stereocenters. The lowest BCUT2D eigenvalue weighted by Gasteiger charge is -2.17. The van der Waals surface area contributed by atoms with Crippen LogP contribution in [0.3, 0.4) is 0 Å². The van der Waals surface area contributed by atoms with Crippen molar-refractivity contribution >= 4 is 40.2 Å². The van der Waals surface area contributed by atoms with E-state index in [1.54, 1.807) is 16.7 Å². The predicted octanol–water partition coefficient (Wildman–Crippen LogP) is 4.62. The fourth-order valence-electron chi connectivity index (χ4n) is 3.72. The highest BCUT2D eigenvalue weighted by Gasteiger charge is 2.36. The first-order chi connectivity index (χ1) is 14.2. The number of rotatable bonds is 3.